The predicted molar refractivity (Wildman–Crippen MR) is 116 cm³/mol. The monoisotopic (exact) mass is 438 g/mol. The van der Waals surface area contributed by atoms with Gasteiger partial charge >= 0.3 is 17.9 Å². The molecule has 7 nitrogen and oxygen atoms in total. The molecule has 31 heavy (non-hydrogen) atoms. The van der Waals surface area contributed by atoms with Crippen LogP contribution in [0.15, 0.2) is 12.2 Å². The summed E-state index contributed by atoms with van der Waals surface area (Å²) in [7, 11) is 0. The first kappa shape index (κ1) is 26.9. The zero-order valence-electron chi connectivity index (χ0n) is 19.4. The maximum atomic E-state index is 12.8. The van der Waals surface area contributed by atoms with Gasteiger partial charge in [-0.25, -0.2) is 0 Å². The van der Waals surface area contributed by atoms with Gasteiger partial charge in [-0.1, -0.05) is 64.7 Å². The van der Waals surface area contributed by atoms with Gasteiger partial charge in [0.25, 0.3) is 0 Å². The summed E-state index contributed by atoms with van der Waals surface area (Å²) in [6.07, 6.45) is 12.1. The molecule has 0 amide bonds. The van der Waals surface area contributed by atoms with Crippen LogP contribution in [0, 0.1) is 0 Å². The number of carbonyl (C=O) groups excluding carboxylic acids is 4. The van der Waals surface area contributed by atoms with Crippen LogP contribution in [0.5, 0.6) is 0 Å². The summed E-state index contributed by atoms with van der Waals surface area (Å²) >= 11 is 0. The Morgan fingerprint density at radius 2 is 1.42 bits per heavy atom. The molecule has 1 aliphatic rings. The van der Waals surface area contributed by atoms with Crippen LogP contribution in [0.1, 0.15) is 98.3 Å². The van der Waals surface area contributed by atoms with E-state index in [1.54, 1.807) is 0 Å². The van der Waals surface area contributed by atoms with Crippen molar-refractivity contribution in [2.45, 2.75) is 116 Å². The van der Waals surface area contributed by atoms with Crippen LogP contribution in [0.4, 0.5) is 0 Å². The topological polar surface area (TPSA) is 96.0 Å². The lowest BCUT2D eigenvalue weighted by Gasteiger charge is -2.38. The van der Waals surface area contributed by atoms with E-state index in [0.717, 1.165) is 19.3 Å². The smallest absolute Gasteiger partial charge is 0.303 e. The minimum atomic E-state index is -1.87. The molecule has 0 aliphatic heterocycles. The van der Waals surface area contributed by atoms with Gasteiger partial charge in [-0.15, -0.1) is 0 Å². The fraction of sp³-hybridized carbons (Fsp3) is 0.750. The van der Waals surface area contributed by atoms with Gasteiger partial charge in [-0.3, -0.25) is 19.2 Å². The zero-order valence-corrected chi connectivity index (χ0v) is 19.4. The van der Waals surface area contributed by atoms with Crippen molar-refractivity contribution in [2.24, 2.45) is 0 Å². The molecule has 3 unspecified atom stereocenters. The highest BCUT2D eigenvalue weighted by atomic mass is 16.6. The Bertz CT molecular complexity index is 640. The van der Waals surface area contributed by atoms with Gasteiger partial charge in [0.05, 0.1) is 0 Å². The summed E-state index contributed by atoms with van der Waals surface area (Å²) in [5, 5.41) is 0. The summed E-state index contributed by atoms with van der Waals surface area (Å²) in [5.74, 6) is -2.48. The van der Waals surface area contributed by atoms with Gasteiger partial charge in [0.15, 0.2) is 12.2 Å². The molecule has 0 fully saturated rings. The second kappa shape index (κ2) is 14.0. The Kier molecular flexibility index (Phi) is 12.1. The summed E-state index contributed by atoms with van der Waals surface area (Å²) in [6, 6.07) is 0. The van der Waals surface area contributed by atoms with Crippen LogP contribution in [-0.4, -0.2) is 41.5 Å². The normalized spacial score (nSPS) is 21.0. The van der Waals surface area contributed by atoms with Gasteiger partial charge in [-0.2, -0.15) is 0 Å². The van der Waals surface area contributed by atoms with Gasteiger partial charge in [0, 0.05) is 20.8 Å². The van der Waals surface area contributed by atoms with Crippen LogP contribution >= 0.6 is 0 Å². The van der Waals surface area contributed by atoms with E-state index in [9.17, 15) is 19.2 Å². The zero-order chi connectivity index (χ0) is 23.3. The van der Waals surface area contributed by atoms with E-state index in [0.29, 0.717) is 12.8 Å². The van der Waals surface area contributed by atoms with E-state index in [2.05, 4.69) is 6.92 Å². The minimum Gasteiger partial charge on any atom is -0.458 e. The lowest BCUT2D eigenvalue weighted by Crippen LogP contribution is -2.59. The van der Waals surface area contributed by atoms with Crippen molar-refractivity contribution in [3.8, 4) is 0 Å². The van der Waals surface area contributed by atoms with E-state index in [-0.39, 0.29) is 0 Å². The Hall–Kier alpha value is -2.18. The molecule has 0 bridgehead atoms. The highest BCUT2D eigenvalue weighted by Crippen LogP contribution is 2.36. The van der Waals surface area contributed by atoms with E-state index < -0.39 is 41.5 Å². The Balaban J connectivity index is 2.73. The fourth-order valence-electron chi connectivity index (χ4n) is 4.03. The summed E-state index contributed by atoms with van der Waals surface area (Å²) in [6.45, 7) is 5.82. The molecule has 176 valence electrons. The Labute approximate surface area is 185 Å². The molecule has 1 rings (SSSR count). The van der Waals surface area contributed by atoms with E-state index >= 15 is 0 Å². The quantitative estimate of drug-likeness (QED) is 0.209. The van der Waals surface area contributed by atoms with E-state index in [1.165, 1.54) is 71.4 Å². The molecule has 0 aromatic carbocycles. The molecule has 3 atom stereocenters. The molecule has 0 saturated carbocycles. The molecule has 7 heteroatoms. The lowest BCUT2D eigenvalue weighted by molar-refractivity contribution is -0.203. The molecular weight excluding hydrogens is 400 g/mol. The molecule has 0 heterocycles. The van der Waals surface area contributed by atoms with Crippen LogP contribution < -0.4 is 0 Å². The predicted octanol–water partition coefficient (Wildman–Crippen LogP) is 4.60. The van der Waals surface area contributed by atoms with E-state index in [1.807, 2.05) is 0 Å². The van der Waals surface area contributed by atoms with Crippen LogP contribution in [-0.2, 0) is 33.4 Å². The molecule has 0 N–H and O–H groups in total. The van der Waals surface area contributed by atoms with Crippen molar-refractivity contribution in [2.75, 3.05) is 0 Å². The number of rotatable bonds is 15. The third-order valence-electron chi connectivity index (χ3n) is 5.44. The third-order valence-corrected chi connectivity index (χ3v) is 5.44. The molecular formula is C24H38O7. The third kappa shape index (κ3) is 8.83. The SMILES string of the molecule is CCCCCCCCCCCCC(OC(C)=O)C1(OC(C)=O)C(=O)C=CC1OC(C)=O. The van der Waals surface area contributed by atoms with Gasteiger partial charge < -0.3 is 14.2 Å². The second-order valence-electron chi connectivity index (χ2n) is 8.21. The van der Waals surface area contributed by atoms with Crippen molar-refractivity contribution in [3.63, 3.8) is 0 Å². The van der Waals surface area contributed by atoms with Gasteiger partial charge in [0.2, 0.25) is 11.4 Å². The van der Waals surface area contributed by atoms with Crippen molar-refractivity contribution in [3.05, 3.63) is 12.2 Å². The first-order chi connectivity index (χ1) is 14.7. The van der Waals surface area contributed by atoms with Crippen molar-refractivity contribution >= 4 is 23.7 Å². The number of ether oxygens (including phenoxy) is 3. The standard InChI is InChI=1S/C24H38O7/c1-5-6-7-8-9-10-11-12-13-14-15-22(29-18(2)25)24(31-20(4)27)21(28)16-17-23(24)30-19(3)26/h16-17,22-23H,5-15H2,1-4H3. The summed E-state index contributed by atoms with van der Waals surface area (Å²) in [5.41, 5.74) is -1.87. The van der Waals surface area contributed by atoms with Gasteiger partial charge in [0.1, 0.15) is 0 Å². The second-order valence-corrected chi connectivity index (χ2v) is 8.21. The maximum absolute atomic E-state index is 12.8. The molecule has 0 aromatic heterocycles. The summed E-state index contributed by atoms with van der Waals surface area (Å²) in [4.78, 5) is 47.9. The lowest BCUT2D eigenvalue weighted by atomic mass is 9.86. The maximum Gasteiger partial charge on any atom is 0.303 e. The average Bonchev–Trinajstić information content (AvgIpc) is 2.97. The number of carbonyl (C=O) groups is 4. The molecule has 1 aliphatic carbocycles. The largest absolute Gasteiger partial charge is 0.458 e. The highest BCUT2D eigenvalue weighted by Gasteiger charge is 2.59. The van der Waals surface area contributed by atoms with Gasteiger partial charge in [-0.05, 0) is 25.0 Å². The van der Waals surface area contributed by atoms with E-state index in [4.69, 9.17) is 14.2 Å². The van der Waals surface area contributed by atoms with Crippen molar-refractivity contribution in [1.29, 1.82) is 0 Å². The molecule has 0 spiro atoms. The first-order valence-corrected chi connectivity index (χ1v) is 11.5. The molecule has 0 saturated heterocycles. The van der Waals surface area contributed by atoms with Crippen LogP contribution in [0.25, 0.3) is 0 Å². The van der Waals surface area contributed by atoms with Crippen LogP contribution in [0.3, 0.4) is 0 Å². The number of hydrogen-bond donors (Lipinski definition) is 0. The molecule has 0 aromatic rings. The average molecular weight is 439 g/mol. The Morgan fingerprint density at radius 1 is 0.871 bits per heavy atom. The number of hydrogen-bond acceptors (Lipinski definition) is 7. The summed E-state index contributed by atoms with van der Waals surface area (Å²) < 4.78 is 16.1. The fourth-order valence-corrected chi connectivity index (χ4v) is 4.03. The Morgan fingerprint density at radius 3 is 1.90 bits per heavy atom. The van der Waals surface area contributed by atoms with Crippen molar-refractivity contribution < 1.29 is 33.4 Å². The van der Waals surface area contributed by atoms with Crippen molar-refractivity contribution in [1.82, 2.24) is 0 Å². The number of unbranched alkanes of at least 4 members (excludes halogenated alkanes) is 9. The number of esters is 3. The molecule has 0 radical (unpaired) electrons. The van der Waals surface area contributed by atoms with Crippen LogP contribution in [0.2, 0.25) is 0 Å². The number of ketones is 1. The highest BCUT2D eigenvalue weighted by molar-refractivity contribution is 6.03. The first-order valence-electron chi connectivity index (χ1n) is 11.5. The minimum absolute atomic E-state index is 0.328.